The van der Waals surface area contributed by atoms with Gasteiger partial charge in [0, 0.05) is 18.8 Å². The van der Waals surface area contributed by atoms with E-state index in [1.807, 2.05) is 36.0 Å². The van der Waals surface area contributed by atoms with Crippen LogP contribution >= 0.6 is 0 Å². The first-order chi connectivity index (χ1) is 12.1. The molecule has 1 aliphatic carbocycles. The monoisotopic (exact) mass is 336 g/mol. The zero-order valence-electron chi connectivity index (χ0n) is 14.3. The lowest BCUT2D eigenvalue weighted by molar-refractivity contribution is 0.0923. The molecule has 7 nitrogen and oxygen atoms in total. The molecule has 0 fully saturated rings. The standard InChI is InChI=1S/C18H20N6O/c1-12-10-16(23(2)22-12)18(25)21-14-6-5-7-15-13(14)11-20-24(15)17-8-3-4-9-19-17/h3-4,8-11,14H,5-7H2,1-2H3,(H,21,25)/t14-/m0/s1. The highest BCUT2D eigenvalue weighted by atomic mass is 16.2. The molecule has 128 valence electrons. The van der Waals surface area contributed by atoms with Crippen LogP contribution in [0.5, 0.6) is 0 Å². The molecule has 1 N–H and O–H groups in total. The van der Waals surface area contributed by atoms with Crippen molar-refractivity contribution in [3.05, 3.63) is 59.3 Å². The van der Waals surface area contributed by atoms with Crippen molar-refractivity contribution in [2.45, 2.75) is 32.2 Å². The zero-order chi connectivity index (χ0) is 17.4. The predicted octanol–water partition coefficient (Wildman–Crippen LogP) is 2.12. The highest BCUT2D eigenvalue weighted by Crippen LogP contribution is 2.31. The second kappa shape index (κ2) is 6.16. The Morgan fingerprint density at radius 3 is 2.96 bits per heavy atom. The molecule has 1 aliphatic rings. The Hall–Kier alpha value is -2.96. The molecular formula is C18H20N6O. The van der Waals surface area contributed by atoms with Gasteiger partial charge in [0.15, 0.2) is 5.82 Å². The molecule has 0 unspecified atom stereocenters. The second-order valence-electron chi connectivity index (χ2n) is 6.36. The van der Waals surface area contributed by atoms with E-state index in [-0.39, 0.29) is 11.9 Å². The number of rotatable bonds is 3. The van der Waals surface area contributed by atoms with Crippen LogP contribution in [0.4, 0.5) is 0 Å². The molecule has 0 aliphatic heterocycles. The Morgan fingerprint density at radius 2 is 2.24 bits per heavy atom. The van der Waals surface area contributed by atoms with Crippen molar-refractivity contribution < 1.29 is 4.79 Å². The summed E-state index contributed by atoms with van der Waals surface area (Å²) in [6.07, 6.45) is 6.45. The molecule has 0 spiro atoms. The summed E-state index contributed by atoms with van der Waals surface area (Å²) >= 11 is 0. The van der Waals surface area contributed by atoms with Crippen molar-refractivity contribution in [3.63, 3.8) is 0 Å². The maximum absolute atomic E-state index is 12.6. The van der Waals surface area contributed by atoms with Crippen LogP contribution < -0.4 is 5.32 Å². The summed E-state index contributed by atoms with van der Waals surface area (Å²) in [6.45, 7) is 1.88. The maximum atomic E-state index is 12.6. The third-order valence-electron chi connectivity index (χ3n) is 4.59. The van der Waals surface area contributed by atoms with Gasteiger partial charge in [0.25, 0.3) is 5.91 Å². The highest BCUT2D eigenvalue weighted by molar-refractivity contribution is 5.93. The molecule has 1 amide bonds. The van der Waals surface area contributed by atoms with E-state index >= 15 is 0 Å². The van der Waals surface area contributed by atoms with Crippen LogP contribution in [-0.4, -0.2) is 30.5 Å². The van der Waals surface area contributed by atoms with E-state index in [9.17, 15) is 4.79 Å². The number of amides is 1. The van der Waals surface area contributed by atoms with Crippen molar-refractivity contribution in [2.75, 3.05) is 0 Å². The van der Waals surface area contributed by atoms with Gasteiger partial charge >= 0.3 is 0 Å². The van der Waals surface area contributed by atoms with Gasteiger partial charge in [0.2, 0.25) is 0 Å². The van der Waals surface area contributed by atoms with E-state index in [1.165, 1.54) is 0 Å². The fourth-order valence-corrected chi connectivity index (χ4v) is 3.44. The number of carbonyl (C=O) groups excluding carboxylic acids is 1. The normalized spacial score (nSPS) is 16.5. The van der Waals surface area contributed by atoms with E-state index in [0.717, 1.165) is 42.0 Å². The van der Waals surface area contributed by atoms with Crippen LogP contribution in [0.1, 0.15) is 46.3 Å². The molecule has 3 heterocycles. The smallest absolute Gasteiger partial charge is 0.270 e. The second-order valence-corrected chi connectivity index (χ2v) is 6.36. The van der Waals surface area contributed by atoms with Gasteiger partial charge in [-0.15, -0.1) is 0 Å². The molecule has 25 heavy (non-hydrogen) atoms. The number of hydrogen-bond acceptors (Lipinski definition) is 4. The summed E-state index contributed by atoms with van der Waals surface area (Å²) < 4.78 is 3.49. The number of nitrogens with one attached hydrogen (secondary N) is 1. The minimum atomic E-state index is -0.105. The molecule has 0 bridgehead atoms. The van der Waals surface area contributed by atoms with Crippen molar-refractivity contribution >= 4 is 5.91 Å². The van der Waals surface area contributed by atoms with Crippen LogP contribution in [-0.2, 0) is 13.5 Å². The summed E-state index contributed by atoms with van der Waals surface area (Å²) in [5.74, 6) is 0.699. The summed E-state index contributed by atoms with van der Waals surface area (Å²) in [6, 6.07) is 7.54. The van der Waals surface area contributed by atoms with Crippen LogP contribution in [0.15, 0.2) is 36.7 Å². The SMILES string of the molecule is Cc1cc(C(=O)N[C@H]2CCCc3c2cnn3-c2ccccn2)n(C)n1. The lowest BCUT2D eigenvalue weighted by atomic mass is 9.93. The molecule has 3 aromatic rings. The van der Waals surface area contributed by atoms with Crippen molar-refractivity contribution in [2.24, 2.45) is 7.05 Å². The van der Waals surface area contributed by atoms with Crippen LogP contribution in [0.25, 0.3) is 5.82 Å². The molecule has 4 rings (SSSR count). The average molecular weight is 336 g/mol. The van der Waals surface area contributed by atoms with Crippen LogP contribution in [0.3, 0.4) is 0 Å². The molecule has 1 atom stereocenters. The number of nitrogens with zero attached hydrogens (tertiary/aromatic N) is 5. The Morgan fingerprint density at radius 1 is 1.36 bits per heavy atom. The first kappa shape index (κ1) is 15.6. The quantitative estimate of drug-likeness (QED) is 0.795. The number of carbonyl (C=O) groups is 1. The number of aromatic nitrogens is 5. The topological polar surface area (TPSA) is 77.6 Å². The largest absolute Gasteiger partial charge is 0.344 e. The average Bonchev–Trinajstić information content (AvgIpc) is 3.19. The van der Waals surface area contributed by atoms with Gasteiger partial charge < -0.3 is 5.32 Å². The third-order valence-corrected chi connectivity index (χ3v) is 4.59. The molecule has 0 aromatic carbocycles. The van der Waals surface area contributed by atoms with E-state index in [1.54, 1.807) is 24.0 Å². The van der Waals surface area contributed by atoms with Gasteiger partial charge in [-0.3, -0.25) is 9.48 Å². The van der Waals surface area contributed by atoms with E-state index in [2.05, 4.69) is 20.5 Å². The summed E-state index contributed by atoms with van der Waals surface area (Å²) in [5.41, 5.74) is 3.60. The Balaban J connectivity index is 1.61. The van der Waals surface area contributed by atoms with Crippen molar-refractivity contribution in [3.8, 4) is 5.82 Å². The minimum absolute atomic E-state index is 0.0380. The lowest BCUT2D eigenvalue weighted by Gasteiger charge is -2.24. The molecule has 0 radical (unpaired) electrons. The fraction of sp³-hybridized carbons (Fsp3) is 0.333. The highest BCUT2D eigenvalue weighted by Gasteiger charge is 2.27. The Labute approximate surface area is 145 Å². The Bertz CT molecular complexity index is 911. The van der Waals surface area contributed by atoms with Gasteiger partial charge in [-0.1, -0.05) is 6.07 Å². The van der Waals surface area contributed by atoms with Gasteiger partial charge in [0.05, 0.1) is 23.6 Å². The first-order valence-electron chi connectivity index (χ1n) is 8.43. The van der Waals surface area contributed by atoms with Gasteiger partial charge in [0.1, 0.15) is 5.69 Å². The number of fused-ring (bicyclic) bond motifs is 1. The van der Waals surface area contributed by atoms with Crippen molar-refractivity contribution in [1.29, 1.82) is 0 Å². The molecule has 0 saturated carbocycles. The van der Waals surface area contributed by atoms with Crippen LogP contribution in [0, 0.1) is 6.92 Å². The number of hydrogen-bond donors (Lipinski definition) is 1. The van der Waals surface area contributed by atoms with Gasteiger partial charge in [-0.25, -0.2) is 9.67 Å². The maximum Gasteiger partial charge on any atom is 0.270 e. The summed E-state index contributed by atoms with van der Waals surface area (Å²) in [4.78, 5) is 17.0. The molecule has 0 saturated heterocycles. The van der Waals surface area contributed by atoms with E-state index in [0.29, 0.717) is 5.69 Å². The Kier molecular flexibility index (Phi) is 3.83. The zero-order valence-corrected chi connectivity index (χ0v) is 14.3. The molecule has 7 heteroatoms. The van der Waals surface area contributed by atoms with Gasteiger partial charge in [-0.2, -0.15) is 10.2 Å². The third kappa shape index (κ3) is 2.82. The lowest BCUT2D eigenvalue weighted by Crippen LogP contribution is -2.32. The molecular weight excluding hydrogens is 316 g/mol. The van der Waals surface area contributed by atoms with Crippen LogP contribution in [0.2, 0.25) is 0 Å². The van der Waals surface area contributed by atoms with Crippen molar-refractivity contribution in [1.82, 2.24) is 29.9 Å². The minimum Gasteiger partial charge on any atom is -0.344 e. The van der Waals surface area contributed by atoms with Gasteiger partial charge in [-0.05, 0) is 44.4 Å². The first-order valence-corrected chi connectivity index (χ1v) is 8.43. The van der Waals surface area contributed by atoms with E-state index < -0.39 is 0 Å². The van der Waals surface area contributed by atoms with E-state index in [4.69, 9.17) is 0 Å². The fourth-order valence-electron chi connectivity index (χ4n) is 3.44. The summed E-state index contributed by atoms with van der Waals surface area (Å²) in [5, 5.41) is 11.9. The molecule has 3 aromatic heterocycles. The summed E-state index contributed by atoms with van der Waals surface area (Å²) in [7, 11) is 1.79. The number of pyridine rings is 1. The predicted molar refractivity (Wildman–Crippen MR) is 92.4 cm³/mol. The number of aryl methyl sites for hydroxylation is 2.